The van der Waals surface area contributed by atoms with E-state index in [1.54, 1.807) is 12.2 Å². The first-order valence-electron chi connectivity index (χ1n) is 1.15. The second kappa shape index (κ2) is 9.88. The minimum atomic E-state index is 0. The van der Waals surface area contributed by atoms with Crippen LogP contribution in [0.2, 0.25) is 0 Å². The Labute approximate surface area is 35.6 Å². The number of rotatable bonds is 1. The third-order valence-electron chi connectivity index (χ3n) is 0.167. The van der Waals surface area contributed by atoms with Crippen LogP contribution in [0.15, 0.2) is 25.3 Å². The molecule has 0 aromatic rings. The van der Waals surface area contributed by atoms with Gasteiger partial charge in [0.1, 0.15) is 0 Å². The van der Waals surface area contributed by atoms with E-state index in [2.05, 4.69) is 13.2 Å². The molecular weight excluding hydrogens is 62.1 g/mol. The predicted octanol–water partition coefficient (Wildman–Crippen LogP) is 1.87. The Kier molecular flexibility index (Phi) is 17.4. The summed E-state index contributed by atoms with van der Waals surface area (Å²) in [4.78, 5) is 0. The molecule has 1 nitrogen and oxygen atoms in total. The van der Waals surface area contributed by atoms with Gasteiger partial charge in [0.15, 0.2) is 0 Å². The quantitative estimate of drug-likeness (QED) is 0.422. The van der Waals surface area contributed by atoms with Gasteiger partial charge in [0.25, 0.3) is 0 Å². The number of hydrogen-bond acceptors (Lipinski definition) is 0. The lowest BCUT2D eigenvalue weighted by atomic mass is 10.6. The van der Waals surface area contributed by atoms with Gasteiger partial charge in [0.05, 0.1) is 0 Å². The molecular formula is C4H8N-. The molecule has 1 heteroatoms. The van der Waals surface area contributed by atoms with Crippen LogP contribution >= 0.6 is 0 Å². The maximum atomic E-state index is 3.36. The fourth-order valence-corrected chi connectivity index (χ4v) is 0. The van der Waals surface area contributed by atoms with Crippen LogP contribution in [-0.2, 0) is 0 Å². The van der Waals surface area contributed by atoms with E-state index in [1.807, 2.05) is 0 Å². The SMILES string of the molecule is C=CC=C.[H+].[H+].[N-3]. The third kappa shape index (κ3) is 36.8. The van der Waals surface area contributed by atoms with Crippen LogP contribution in [0.25, 0.3) is 6.15 Å². The Hall–Kier alpha value is -0.560. The van der Waals surface area contributed by atoms with Gasteiger partial charge in [-0.15, -0.1) is 0 Å². The molecule has 0 N–H and O–H groups in total. The zero-order valence-electron chi connectivity index (χ0n) is 5.02. The lowest BCUT2D eigenvalue weighted by Crippen LogP contribution is -1.21. The van der Waals surface area contributed by atoms with Crippen LogP contribution in [0.4, 0.5) is 0 Å². The van der Waals surface area contributed by atoms with Crippen LogP contribution in [0.3, 0.4) is 0 Å². The van der Waals surface area contributed by atoms with Crippen LogP contribution in [0, 0.1) is 0 Å². The van der Waals surface area contributed by atoms with Crippen LogP contribution in [0.5, 0.6) is 0 Å². The number of allylic oxidation sites excluding steroid dienone is 2. The van der Waals surface area contributed by atoms with Crippen molar-refractivity contribution in [3.8, 4) is 0 Å². The van der Waals surface area contributed by atoms with Crippen molar-refractivity contribution < 1.29 is 2.85 Å². The van der Waals surface area contributed by atoms with Gasteiger partial charge >= 0.3 is 2.85 Å². The van der Waals surface area contributed by atoms with Crippen molar-refractivity contribution in [1.29, 1.82) is 0 Å². The Morgan fingerprint density at radius 3 is 1.40 bits per heavy atom. The first-order chi connectivity index (χ1) is 1.91. The van der Waals surface area contributed by atoms with E-state index in [0.29, 0.717) is 0 Å². The van der Waals surface area contributed by atoms with Gasteiger partial charge in [-0.25, -0.2) is 0 Å². The normalized spacial score (nSPS) is 4.00. The summed E-state index contributed by atoms with van der Waals surface area (Å²) in [6.07, 6.45) is 3.28. The van der Waals surface area contributed by atoms with Crippen molar-refractivity contribution >= 4 is 0 Å². The summed E-state index contributed by atoms with van der Waals surface area (Å²) in [5.41, 5.74) is 0. The molecule has 0 fully saturated rings. The van der Waals surface area contributed by atoms with Crippen molar-refractivity contribution in [2.45, 2.75) is 0 Å². The smallest absolute Gasteiger partial charge is 1.00 e. The summed E-state index contributed by atoms with van der Waals surface area (Å²) >= 11 is 0. The van der Waals surface area contributed by atoms with Gasteiger partial charge in [-0.2, -0.15) is 0 Å². The topological polar surface area (TPSA) is 30.5 Å². The lowest BCUT2D eigenvalue weighted by Gasteiger charge is -3.00. The Balaban J connectivity index is -0.0000000150. The Bertz CT molecular complexity index is 30.7. The molecule has 0 bridgehead atoms. The third-order valence-corrected chi connectivity index (χ3v) is 0.167. The number of hydrogen-bond donors (Lipinski definition) is 0. The largest absolute Gasteiger partial charge is 3.00 e. The summed E-state index contributed by atoms with van der Waals surface area (Å²) in [5.74, 6) is 0. The highest BCUT2D eigenvalue weighted by atomic mass is 14.0. The molecule has 0 saturated carbocycles. The zero-order valence-corrected chi connectivity index (χ0v) is 3.02. The monoisotopic (exact) mass is 70.1 g/mol. The van der Waals surface area contributed by atoms with Crippen molar-refractivity contribution in [1.82, 2.24) is 0 Å². The van der Waals surface area contributed by atoms with Crippen molar-refractivity contribution in [3.63, 3.8) is 0 Å². The average Bonchev–Trinajstić information content (AvgIpc) is 1.37. The Morgan fingerprint density at radius 1 is 1.20 bits per heavy atom. The fourth-order valence-electron chi connectivity index (χ4n) is 0. The molecule has 0 saturated heterocycles. The van der Waals surface area contributed by atoms with Gasteiger partial charge in [-0.3, -0.25) is 0 Å². The minimum absolute atomic E-state index is 0. The summed E-state index contributed by atoms with van der Waals surface area (Å²) in [6.45, 7) is 6.72. The fraction of sp³-hybridized carbons (Fsp3) is 0. The summed E-state index contributed by atoms with van der Waals surface area (Å²) in [7, 11) is 0. The first kappa shape index (κ1) is 8.83. The van der Waals surface area contributed by atoms with E-state index in [4.69, 9.17) is 0 Å². The maximum absolute atomic E-state index is 3.36. The van der Waals surface area contributed by atoms with E-state index in [9.17, 15) is 0 Å². The first-order valence-corrected chi connectivity index (χ1v) is 1.15. The van der Waals surface area contributed by atoms with Gasteiger partial charge in [-0.1, -0.05) is 25.3 Å². The summed E-state index contributed by atoms with van der Waals surface area (Å²) in [5, 5.41) is 0. The molecule has 0 spiro atoms. The van der Waals surface area contributed by atoms with Crippen molar-refractivity contribution in [3.05, 3.63) is 31.5 Å². The van der Waals surface area contributed by atoms with Gasteiger partial charge in [0.2, 0.25) is 0 Å². The molecule has 0 unspecified atom stereocenters. The lowest BCUT2D eigenvalue weighted by molar-refractivity contribution is 2.15. The Morgan fingerprint density at radius 2 is 1.40 bits per heavy atom. The molecule has 0 aliphatic heterocycles. The van der Waals surface area contributed by atoms with Crippen LogP contribution < -0.4 is 0 Å². The molecule has 0 aliphatic rings. The van der Waals surface area contributed by atoms with Crippen molar-refractivity contribution in [2.75, 3.05) is 0 Å². The molecule has 0 atom stereocenters. The zero-order chi connectivity index (χ0) is 3.41. The van der Waals surface area contributed by atoms with E-state index in [1.165, 1.54) is 0 Å². The second-order valence-electron chi connectivity index (χ2n) is 0.471. The van der Waals surface area contributed by atoms with Gasteiger partial charge in [0, 0.05) is 0 Å². The highest BCUT2D eigenvalue weighted by molar-refractivity contribution is 4.88. The summed E-state index contributed by atoms with van der Waals surface area (Å²) < 4.78 is 0. The molecule has 0 aromatic heterocycles. The second-order valence-corrected chi connectivity index (χ2v) is 0.471. The maximum Gasteiger partial charge on any atom is 1.00 e. The van der Waals surface area contributed by atoms with Gasteiger partial charge in [-0.05, 0) is 0 Å². The molecule has 30 valence electrons. The van der Waals surface area contributed by atoms with E-state index in [0.717, 1.165) is 0 Å². The molecule has 0 amide bonds. The highest BCUT2D eigenvalue weighted by Crippen LogP contribution is 1.52. The van der Waals surface area contributed by atoms with E-state index >= 15 is 0 Å². The standard InChI is InChI=1S/C4H6.N/c1-3-4-2;/h3-4H,1-2H2;/q;-3/p+2. The van der Waals surface area contributed by atoms with Crippen LogP contribution in [0.1, 0.15) is 2.85 Å². The molecule has 0 aliphatic carbocycles. The summed E-state index contributed by atoms with van der Waals surface area (Å²) in [6, 6.07) is 0. The molecule has 0 rings (SSSR count). The van der Waals surface area contributed by atoms with Gasteiger partial charge < -0.3 is 6.15 Å². The van der Waals surface area contributed by atoms with Crippen LogP contribution in [-0.4, -0.2) is 0 Å². The van der Waals surface area contributed by atoms with E-state index in [-0.39, 0.29) is 9.00 Å². The van der Waals surface area contributed by atoms with Crippen molar-refractivity contribution in [2.24, 2.45) is 0 Å². The average molecular weight is 70.1 g/mol. The number of nitrogens with zero attached hydrogens (tertiary/aromatic N) is 1. The molecule has 0 aromatic carbocycles. The molecule has 0 heterocycles. The molecule has 0 radical (unpaired) electrons. The highest BCUT2D eigenvalue weighted by Gasteiger charge is 1.29. The minimum Gasteiger partial charge on any atom is -3.00 e. The predicted molar refractivity (Wildman–Crippen MR) is 26.0 cm³/mol. The molecule has 5 heavy (non-hydrogen) atoms. The van der Waals surface area contributed by atoms with E-state index < -0.39 is 0 Å².